The lowest BCUT2D eigenvalue weighted by Gasteiger charge is -2.23. The number of aromatic amines is 1. The number of H-pyrrole nitrogens is 1. The number of hydrogen-bond donors (Lipinski definition) is 3. The SMILES string of the molecule is O=C1C(=O)N(c2nc3ccccc3[nH]2)C(c2cccc(O)c2)/C1=C(\O)c1ccc(Cl)c(Cl)c1. The van der Waals surface area contributed by atoms with Crippen LogP contribution in [-0.2, 0) is 9.59 Å². The number of aromatic nitrogens is 2. The number of nitrogens with one attached hydrogen (secondary N) is 1. The van der Waals surface area contributed by atoms with Crippen molar-refractivity contribution in [1.82, 2.24) is 9.97 Å². The average molecular weight is 480 g/mol. The van der Waals surface area contributed by atoms with Crippen LogP contribution >= 0.6 is 23.2 Å². The number of halogens is 2. The average Bonchev–Trinajstić information content (AvgIpc) is 3.34. The summed E-state index contributed by atoms with van der Waals surface area (Å²) in [5.41, 5.74) is 1.75. The summed E-state index contributed by atoms with van der Waals surface area (Å²) in [7, 11) is 0. The topological polar surface area (TPSA) is 107 Å². The van der Waals surface area contributed by atoms with Crippen LogP contribution in [0.15, 0.2) is 72.3 Å². The Kier molecular flexibility index (Phi) is 5.08. The molecule has 1 unspecified atom stereocenters. The standard InChI is InChI=1S/C24H15Cl2N3O4/c25-15-9-8-13(11-16(15)26)21(31)19-20(12-4-3-5-14(30)10-12)29(23(33)22(19)32)24-27-17-6-1-2-7-18(17)28-24/h1-11,20,30-31H,(H,27,28)/b21-19+. The van der Waals surface area contributed by atoms with Gasteiger partial charge in [-0.05, 0) is 48.0 Å². The van der Waals surface area contributed by atoms with Gasteiger partial charge >= 0.3 is 5.91 Å². The number of amides is 1. The van der Waals surface area contributed by atoms with Gasteiger partial charge in [0.2, 0.25) is 5.95 Å². The van der Waals surface area contributed by atoms with E-state index in [1.165, 1.54) is 35.2 Å². The third-order valence-electron chi connectivity index (χ3n) is 5.43. The van der Waals surface area contributed by atoms with Gasteiger partial charge in [0.15, 0.2) is 0 Å². The molecule has 1 atom stereocenters. The van der Waals surface area contributed by atoms with E-state index in [1.54, 1.807) is 30.3 Å². The summed E-state index contributed by atoms with van der Waals surface area (Å²) in [5, 5.41) is 21.6. The summed E-state index contributed by atoms with van der Waals surface area (Å²) in [4.78, 5) is 35.0. The first-order valence-electron chi connectivity index (χ1n) is 9.85. The van der Waals surface area contributed by atoms with Gasteiger partial charge in [-0.3, -0.25) is 14.5 Å². The van der Waals surface area contributed by atoms with E-state index >= 15 is 0 Å². The summed E-state index contributed by atoms with van der Waals surface area (Å²) in [6.45, 7) is 0. The molecule has 5 rings (SSSR count). The highest BCUT2D eigenvalue weighted by atomic mass is 35.5. The van der Waals surface area contributed by atoms with Gasteiger partial charge < -0.3 is 15.2 Å². The van der Waals surface area contributed by atoms with E-state index in [0.717, 1.165) is 0 Å². The highest BCUT2D eigenvalue weighted by molar-refractivity contribution is 6.51. The van der Waals surface area contributed by atoms with E-state index in [0.29, 0.717) is 16.6 Å². The molecule has 1 aliphatic rings. The first-order chi connectivity index (χ1) is 15.8. The van der Waals surface area contributed by atoms with Gasteiger partial charge in [0, 0.05) is 5.56 Å². The summed E-state index contributed by atoms with van der Waals surface area (Å²) < 4.78 is 0. The molecule has 1 saturated heterocycles. The van der Waals surface area contributed by atoms with E-state index in [4.69, 9.17) is 23.2 Å². The number of imidazole rings is 1. The maximum Gasteiger partial charge on any atom is 0.302 e. The number of aromatic hydroxyl groups is 1. The number of anilines is 1. The number of carbonyl (C=O) groups is 2. The molecule has 9 heteroatoms. The second kappa shape index (κ2) is 7.95. The zero-order chi connectivity index (χ0) is 23.3. The van der Waals surface area contributed by atoms with Gasteiger partial charge in [-0.25, -0.2) is 4.98 Å². The lowest BCUT2D eigenvalue weighted by atomic mass is 9.95. The Balaban J connectivity index is 1.75. The van der Waals surface area contributed by atoms with Gasteiger partial charge in [-0.1, -0.05) is 47.5 Å². The molecule has 1 amide bonds. The molecule has 0 saturated carbocycles. The van der Waals surface area contributed by atoms with Crippen molar-refractivity contribution in [2.75, 3.05) is 4.90 Å². The van der Waals surface area contributed by atoms with Crippen LogP contribution in [0.2, 0.25) is 10.0 Å². The molecule has 1 aliphatic heterocycles. The van der Waals surface area contributed by atoms with Crippen molar-refractivity contribution in [3.05, 3.63) is 93.5 Å². The number of rotatable bonds is 3. The number of phenols is 1. The van der Waals surface area contributed by atoms with Gasteiger partial charge in [0.1, 0.15) is 11.5 Å². The normalized spacial score (nSPS) is 17.8. The van der Waals surface area contributed by atoms with Gasteiger partial charge in [0.05, 0.1) is 32.7 Å². The number of Topliss-reactive ketones (excluding diaryl/α,β-unsaturated/α-hetero) is 1. The lowest BCUT2D eigenvalue weighted by Crippen LogP contribution is -2.30. The molecule has 0 spiro atoms. The number of para-hydroxylation sites is 2. The fourth-order valence-corrected chi connectivity index (χ4v) is 4.21. The van der Waals surface area contributed by atoms with Crippen LogP contribution < -0.4 is 4.90 Å². The van der Waals surface area contributed by atoms with E-state index in [1.807, 2.05) is 6.07 Å². The van der Waals surface area contributed by atoms with Crippen molar-refractivity contribution >= 4 is 57.6 Å². The van der Waals surface area contributed by atoms with E-state index < -0.39 is 23.5 Å². The predicted molar refractivity (Wildman–Crippen MR) is 125 cm³/mol. The number of hydrogen-bond acceptors (Lipinski definition) is 5. The number of fused-ring (bicyclic) bond motifs is 1. The zero-order valence-electron chi connectivity index (χ0n) is 16.8. The fourth-order valence-electron chi connectivity index (χ4n) is 3.91. The predicted octanol–water partition coefficient (Wildman–Crippen LogP) is 5.20. The number of ketones is 1. The molecule has 1 aromatic heterocycles. The molecule has 164 valence electrons. The minimum Gasteiger partial charge on any atom is -0.508 e. The number of aliphatic hydroxyl groups excluding tert-OH is 1. The molecule has 2 heterocycles. The van der Waals surface area contributed by atoms with Gasteiger partial charge in [-0.15, -0.1) is 0 Å². The maximum atomic E-state index is 13.2. The molecule has 4 aromatic rings. The summed E-state index contributed by atoms with van der Waals surface area (Å²) in [5.74, 6) is -2.10. The molecule has 7 nitrogen and oxygen atoms in total. The van der Waals surface area contributed by atoms with Crippen molar-refractivity contribution in [1.29, 1.82) is 0 Å². The zero-order valence-corrected chi connectivity index (χ0v) is 18.3. The number of nitrogens with zero attached hydrogens (tertiary/aromatic N) is 2. The Labute approximate surface area is 197 Å². The highest BCUT2D eigenvalue weighted by Gasteiger charge is 2.48. The van der Waals surface area contributed by atoms with Crippen molar-refractivity contribution in [3.8, 4) is 5.75 Å². The van der Waals surface area contributed by atoms with Gasteiger partial charge in [0.25, 0.3) is 5.78 Å². The third-order valence-corrected chi connectivity index (χ3v) is 6.17. The van der Waals surface area contributed by atoms with Crippen LogP contribution in [0.1, 0.15) is 17.2 Å². The lowest BCUT2D eigenvalue weighted by molar-refractivity contribution is -0.132. The molecule has 3 N–H and O–H groups in total. The van der Waals surface area contributed by atoms with Crippen molar-refractivity contribution in [2.24, 2.45) is 0 Å². The molecular formula is C24H15Cl2N3O4. The van der Waals surface area contributed by atoms with Crippen LogP contribution in [0.5, 0.6) is 5.75 Å². The summed E-state index contributed by atoms with van der Waals surface area (Å²) in [6, 6.07) is 16.6. The van der Waals surface area contributed by atoms with Crippen molar-refractivity contribution in [3.63, 3.8) is 0 Å². The highest BCUT2D eigenvalue weighted by Crippen LogP contribution is 2.42. The second-order valence-corrected chi connectivity index (χ2v) is 8.28. The number of phenolic OH excluding ortho intramolecular Hbond substituents is 1. The first kappa shape index (κ1) is 21.1. The van der Waals surface area contributed by atoms with Crippen molar-refractivity contribution in [2.45, 2.75) is 6.04 Å². The fraction of sp³-hybridized carbons (Fsp3) is 0.0417. The number of aliphatic hydroxyl groups is 1. The smallest absolute Gasteiger partial charge is 0.302 e. The second-order valence-electron chi connectivity index (χ2n) is 7.47. The third kappa shape index (κ3) is 3.51. The summed E-state index contributed by atoms with van der Waals surface area (Å²) in [6.07, 6.45) is 0. The molecule has 0 aliphatic carbocycles. The molecule has 0 radical (unpaired) electrons. The number of carbonyl (C=O) groups excluding carboxylic acids is 2. The Bertz CT molecular complexity index is 1440. The molecule has 1 fully saturated rings. The first-order valence-corrected chi connectivity index (χ1v) is 10.6. The minimum atomic E-state index is -1.05. The van der Waals surface area contributed by atoms with E-state index in [2.05, 4.69) is 9.97 Å². The van der Waals surface area contributed by atoms with Crippen LogP contribution in [0.25, 0.3) is 16.8 Å². The summed E-state index contributed by atoms with van der Waals surface area (Å²) >= 11 is 12.1. The maximum absolute atomic E-state index is 13.2. The Morgan fingerprint density at radius 3 is 2.48 bits per heavy atom. The molecule has 0 bridgehead atoms. The quantitative estimate of drug-likeness (QED) is 0.212. The largest absolute Gasteiger partial charge is 0.508 e. The van der Waals surface area contributed by atoms with Crippen LogP contribution in [0.3, 0.4) is 0 Å². The van der Waals surface area contributed by atoms with E-state index in [-0.39, 0.29) is 32.9 Å². The Morgan fingerprint density at radius 2 is 1.76 bits per heavy atom. The monoisotopic (exact) mass is 479 g/mol. The number of benzene rings is 3. The van der Waals surface area contributed by atoms with Crippen molar-refractivity contribution < 1.29 is 19.8 Å². The molecule has 3 aromatic carbocycles. The van der Waals surface area contributed by atoms with Gasteiger partial charge in [-0.2, -0.15) is 0 Å². The van der Waals surface area contributed by atoms with E-state index in [9.17, 15) is 19.8 Å². The minimum absolute atomic E-state index is 0.0581. The van der Waals surface area contributed by atoms with Crippen LogP contribution in [0.4, 0.5) is 5.95 Å². The van der Waals surface area contributed by atoms with Crippen LogP contribution in [0, 0.1) is 0 Å². The van der Waals surface area contributed by atoms with Crippen LogP contribution in [-0.4, -0.2) is 31.9 Å². The molecule has 33 heavy (non-hydrogen) atoms. The Morgan fingerprint density at radius 1 is 0.970 bits per heavy atom. The Hall–Kier alpha value is -3.81. The molecular weight excluding hydrogens is 465 g/mol.